The molecule has 0 unspecified atom stereocenters. The first kappa shape index (κ1) is 31.6. The molecular formula is C55H38O. The molecule has 0 saturated carbocycles. The molecule has 0 spiro atoms. The van der Waals surface area contributed by atoms with Crippen molar-refractivity contribution in [3.05, 3.63) is 179 Å². The lowest BCUT2D eigenvalue weighted by atomic mass is 9.81. The second kappa shape index (κ2) is 11.7. The second-order valence-electron chi connectivity index (χ2n) is 16.3. The number of fused-ring (bicyclic) bond motifs is 10. The molecular weight excluding hydrogens is 677 g/mol. The average Bonchev–Trinajstić information content (AvgIpc) is 3.71. The van der Waals surface area contributed by atoms with Crippen LogP contribution in [0.5, 0.6) is 0 Å². The normalized spacial score (nSPS) is 14.2. The summed E-state index contributed by atoms with van der Waals surface area (Å²) in [6.07, 6.45) is 7.07. The van der Waals surface area contributed by atoms with Gasteiger partial charge in [0, 0.05) is 16.2 Å². The molecule has 0 atom stereocenters. The zero-order chi connectivity index (χ0) is 37.1. The molecule has 12 rings (SSSR count). The predicted octanol–water partition coefficient (Wildman–Crippen LogP) is 13.7. The molecule has 2 aliphatic rings. The molecule has 1 aromatic heterocycles. The van der Waals surface area contributed by atoms with E-state index in [2.05, 4.69) is 178 Å². The third kappa shape index (κ3) is 4.43. The molecule has 0 saturated heterocycles. The van der Waals surface area contributed by atoms with Crippen LogP contribution in [0.4, 0.5) is 0 Å². The maximum absolute atomic E-state index is 6.35. The fraction of sp³-hybridized carbons (Fsp3) is 0.0909. The molecule has 1 nitrogen and oxygen atoms in total. The van der Waals surface area contributed by atoms with Crippen molar-refractivity contribution in [1.29, 1.82) is 0 Å². The first-order chi connectivity index (χ1) is 27.5. The van der Waals surface area contributed by atoms with Crippen molar-refractivity contribution in [3.8, 4) is 44.5 Å². The van der Waals surface area contributed by atoms with E-state index in [0.29, 0.717) is 0 Å². The monoisotopic (exact) mass is 714 g/mol. The van der Waals surface area contributed by atoms with E-state index < -0.39 is 0 Å². The fourth-order valence-electron chi connectivity index (χ4n) is 10.2. The lowest BCUT2D eigenvalue weighted by Gasteiger charge is -2.22. The van der Waals surface area contributed by atoms with Gasteiger partial charge in [-0.2, -0.15) is 0 Å². The Bertz CT molecular complexity index is 3430. The Kier molecular flexibility index (Phi) is 6.58. The van der Waals surface area contributed by atoms with Crippen LogP contribution >= 0.6 is 0 Å². The maximum Gasteiger partial charge on any atom is 0.136 e. The first-order valence-corrected chi connectivity index (χ1v) is 19.9. The summed E-state index contributed by atoms with van der Waals surface area (Å²) in [4.78, 5) is 0. The van der Waals surface area contributed by atoms with Gasteiger partial charge in [-0.25, -0.2) is 0 Å². The lowest BCUT2D eigenvalue weighted by Crippen LogP contribution is -2.31. The minimum Gasteiger partial charge on any atom is -0.456 e. The summed E-state index contributed by atoms with van der Waals surface area (Å²) in [5, 5.41) is 12.7. The molecule has 0 fully saturated rings. The van der Waals surface area contributed by atoms with E-state index in [1.807, 2.05) is 6.07 Å². The Morgan fingerprint density at radius 1 is 0.393 bits per heavy atom. The highest BCUT2D eigenvalue weighted by molar-refractivity contribution is 6.14. The summed E-state index contributed by atoms with van der Waals surface area (Å²) in [6, 6.07) is 58.6. The van der Waals surface area contributed by atoms with Crippen molar-refractivity contribution in [2.75, 3.05) is 0 Å². The molecule has 1 heteroatoms. The number of rotatable bonds is 3. The Labute approximate surface area is 325 Å². The molecule has 0 N–H and O–H groups in total. The predicted molar refractivity (Wildman–Crippen MR) is 238 cm³/mol. The van der Waals surface area contributed by atoms with Gasteiger partial charge in [0.2, 0.25) is 0 Å². The number of furan rings is 1. The van der Waals surface area contributed by atoms with Crippen molar-refractivity contribution in [2.24, 2.45) is 0 Å². The van der Waals surface area contributed by atoms with E-state index in [1.165, 1.54) is 109 Å². The van der Waals surface area contributed by atoms with Crippen LogP contribution in [0.2, 0.25) is 0 Å². The fourth-order valence-corrected chi connectivity index (χ4v) is 10.2. The smallest absolute Gasteiger partial charge is 0.136 e. The van der Waals surface area contributed by atoms with Gasteiger partial charge >= 0.3 is 0 Å². The van der Waals surface area contributed by atoms with Gasteiger partial charge < -0.3 is 4.42 Å². The first-order valence-electron chi connectivity index (χ1n) is 19.9. The van der Waals surface area contributed by atoms with Gasteiger partial charge in [0.05, 0.1) is 0 Å². The van der Waals surface area contributed by atoms with Gasteiger partial charge in [-0.05, 0) is 148 Å². The lowest BCUT2D eigenvalue weighted by molar-refractivity contribution is 0.661. The van der Waals surface area contributed by atoms with Crippen LogP contribution in [-0.2, 0) is 5.41 Å². The van der Waals surface area contributed by atoms with Crippen LogP contribution in [0.15, 0.2) is 162 Å². The van der Waals surface area contributed by atoms with Crippen molar-refractivity contribution >= 4 is 66.4 Å². The molecule has 10 aromatic rings. The third-order valence-corrected chi connectivity index (χ3v) is 12.9. The van der Waals surface area contributed by atoms with E-state index in [0.717, 1.165) is 24.0 Å². The SMILES string of the molecule is CC1(C)c2ccc(-c3c4c(c(-c5ccc(-c6ccccc6)c6ccccc56)c5ccccc35)=CCCC=4)cc2-c2cc3cc4oc5ccccc5c4cc3cc21. The summed E-state index contributed by atoms with van der Waals surface area (Å²) in [5.74, 6) is 0. The van der Waals surface area contributed by atoms with Crippen LogP contribution < -0.4 is 10.4 Å². The van der Waals surface area contributed by atoms with Crippen molar-refractivity contribution in [2.45, 2.75) is 32.1 Å². The van der Waals surface area contributed by atoms with E-state index in [4.69, 9.17) is 4.42 Å². The van der Waals surface area contributed by atoms with Gasteiger partial charge in [-0.3, -0.25) is 0 Å². The maximum atomic E-state index is 6.35. The van der Waals surface area contributed by atoms with E-state index in [9.17, 15) is 0 Å². The third-order valence-electron chi connectivity index (χ3n) is 12.9. The van der Waals surface area contributed by atoms with Crippen molar-refractivity contribution < 1.29 is 4.42 Å². The summed E-state index contributed by atoms with van der Waals surface area (Å²) in [7, 11) is 0. The zero-order valence-corrected chi connectivity index (χ0v) is 31.5. The molecule has 264 valence electrons. The van der Waals surface area contributed by atoms with Gasteiger partial charge in [0.25, 0.3) is 0 Å². The second-order valence-corrected chi connectivity index (χ2v) is 16.3. The van der Waals surface area contributed by atoms with Crippen LogP contribution in [0.25, 0.3) is 111 Å². The number of hydrogen-bond acceptors (Lipinski definition) is 1. The van der Waals surface area contributed by atoms with Crippen LogP contribution in [0.3, 0.4) is 0 Å². The molecule has 0 radical (unpaired) electrons. The van der Waals surface area contributed by atoms with Crippen LogP contribution in [0, 0.1) is 0 Å². The van der Waals surface area contributed by atoms with Crippen LogP contribution in [0.1, 0.15) is 37.8 Å². The summed E-state index contributed by atoms with van der Waals surface area (Å²) < 4.78 is 6.35. The van der Waals surface area contributed by atoms with Crippen molar-refractivity contribution in [3.63, 3.8) is 0 Å². The Morgan fingerprint density at radius 3 is 1.79 bits per heavy atom. The largest absolute Gasteiger partial charge is 0.456 e. The molecule has 56 heavy (non-hydrogen) atoms. The Balaban J connectivity index is 1.09. The summed E-state index contributed by atoms with van der Waals surface area (Å²) in [6.45, 7) is 4.77. The van der Waals surface area contributed by atoms with Gasteiger partial charge in [-0.15, -0.1) is 0 Å². The minimum atomic E-state index is -0.122. The minimum absolute atomic E-state index is 0.122. The summed E-state index contributed by atoms with van der Waals surface area (Å²) >= 11 is 0. The molecule has 2 aliphatic carbocycles. The number of benzene rings is 9. The van der Waals surface area contributed by atoms with Gasteiger partial charge in [0.15, 0.2) is 0 Å². The molecule has 0 aliphatic heterocycles. The molecule has 9 aromatic carbocycles. The number of para-hydroxylation sites is 1. The van der Waals surface area contributed by atoms with Crippen LogP contribution in [-0.4, -0.2) is 0 Å². The highest BCUT2D eigenvalue weighted by atomic mass is 16.3. The molecule has 0 amide bonds. The van der Waals surface area contributed by atoms with Crippen molar-refractivity contribution in [1.82, 2.24) is 0 Å². The van der Waals surface area contributed by atoms with Gasteiger partial charge in [-0.1, -0.05) is 147 Å². The highest BCUT2D eigenvalue weighted by Crippen LogP contribution is 2.51. The average molecular weight is 715 g/mol. The van der Waals surface area contributed by atoms with Gasteiger partial charge in [0.1, 0.15) is 11.2 Å². The topological polar surface area (TPSA) is 13.1 Å². The molecule has 1 heterocycles. The van der Waals surface area contributed by atoms with E-state index in [1.54, 1.807) is 0 Å². The zero-order valence-electron chi connectivity index (χ0n) is 31.5. The Morgan fingerprint density at radius 2 is 1.00 bits per heavy atom. The number of hydrogen-bond donors (Lipinski definition) is 0. The van der Waals surface area contributed by atoms with E-state index in [-0.39, 0.29) is 5.41 Å². The highest BCUT2D eigenvalue weighted by Gasteiger charge is 2.36. The summed E-state index contributed by atoms with van der Waals surface area (Å²) in [5.41, 5.74) is 14.9. The molecule has 0 bridgehead atoms. The standard InChI is InChI=1S/C55H38O/c1-55(2)49-27-24-34(28-46(49)47-29-36-32-52-48(30-35(36)31-50(47)55)40-18-12-13-23-51(40)56-52)53-41-19-8-10-21-43(41)54(44-22-11-9-20-42(44)53)45-26-25-37(33-14-4-3-5-15-33)38-16-6-7-17-39(38)45/h3-8,10,12-32H,9,11H2,1-2H3. The Hall–Kier alpha value is -6.70. The quantitative estimate of drug-likeness (QED) is 0.178. The van der Waals surface area contributed by atoms with E-state index >= 15 is 0 Å².